The van der Waals surface area contributed by atoms with Crippen LogP contribution in [0.5, 0.6) is 11.5 Å². The van der Waals surface area contributed by atoms with Crippen molar-refractivity contribution in [2.24, 2.45) is 0 Å². The lowest BCUT2D eigenvalue weighted by Crippen LogP contribution is -2.13. The molecule has 10 rings (SSSR count). The zero-order valence-electron chi connectivity index (χ0n) is 35.8. The molecule has 8 aromatic rings. The summed E-state index contributed by atoms with van der Waals surface area (Å²) in [5, 5.41) is 0. The first-order chi connectivity index (χ1) is 31.1. The quantitative estimate of drug-likeness (QED) is 0.145. The summed E-state index contributed by atoms with van der Waals surface area (Å²) in [6.07, 6.45) is 8.35. The third kappa shape index (κ3) is 7.91. The fraction of sp³-hybridized carbons (Fsp3) is 0.100. The second kappa shape index (κ2) is 17.4. The van der Waals surface area contributed by atoms with Gasteiger partial charge in [-0.3, -0.25) is 0 Å². The maximum Gasteiger partial charge on any atom is 0.126 e. The van der Waals surface area contributed by atoms with E-state index in [1.807, 2.05) is 0 Å². The molecule has 8 aromatic carbocycles. The first-order valence-corrected chi connectivity index (χ1v) is 21.6. The third-order valence-electron chi connectivity index (χ3n) is 12.7. The monoisotopic (exact) mass is 816 g/mol. The lowest BCUT2D eigenvalue weighted by Gasteiger charge is -2.28. The van der Waals surface area contributed by atoms with Crippen molar-refractivity contribution in [2.45, 2.75) is 18.8 Å². The van der Waals surface area contributed by atoms with E-state index < -0.39 is 0 Å². The summed E-state index contributed by atoms with van der Waals surface area (Å²) in [6, 6.07) is 67.4. The molecule has 0 heterocycles. The molecular weight excluding hydrogens is 769 g/mol. The van der Waals surface area contributed by atoms with Crippen LogP contribution in [0.3, 0.4) is 0 Å². The Labute approximate surface area is 370 Å². The Bertz CT molecular complexity index is 3000. The molecular formula is C60H48O3. The fourth-order valence-corrected chi connectivity index (χ4v) is 9.32. The first kappa shape index (κ1) is 39.5. The first-order valence-electron chi connectivity index (χ1n) is 21.6. The molecule has 0 fully saturated rings. The molecule has 0 saturated carbocycles. The zero-order valence-corrected chi connectivity index (χ0v) is 35.8. The Morgan fingerprint density at radius 3 is 1.27 bits per heavy atom. The average Bonchev–Trinajstić information content (AvgIpc) is 3.53. The van der Waals surface area contributed by atoms with Crippen LogP contribution in [-0.4, -0.2) is 21.3 Å². The van der Waals surface area contributed by atoms with Gasteiger partial charge in [0.2, 0.25) is 0 Å². The molecule has 0 bridgehead atoms. The second-order valence-corrected chi connectivity index (χ2v) is 16.3. The van der Waals surface area contributed by atoms with Gasteiger partial charge in [0.05, 0.1) is 21.3 Å². The van der Waals surface area contributed by atoms with Crippen molar-refractivity contribution in [3.05, 3.63) is 245 Å². The number of rotatable bonds is 9. The largest absolute Gasteiger partial charge is 0.496 e. The third-order valence-corrected chi connectivity index (χ3v) is 12.7. The molecule has 0 radical (unpaired) electrons. The number of hydrogen-bond acceptors (Lipinski definition) is 3. The van der Waals surface area contributed by atoms with Crippen LogP contribution in [0.4, 0.5) is 0 Å². The summed E-state index contributed by atoms with van der Waals surface area (Å²) < 4.78 is 18.7. The van der Waals surface area contributed by atoms with Gasteiger partial charge in [-0.15, -0.1) is 0 Å². The highest BCUT2D eigenvalue weighted by Crippen LogP contribution is 2.46. The van der Waals surface area contributed by atoms with E-state index in [0.29, 0.717) is 0 Å². The van der Waals surface area contributed by atoms with Crippen molar-refractivity contribution in [3.8, 4) is 67.1 Å². The molecule has 0 amide bonds. The van der Waals surface area contributed by atoms with Gasteiger partial charge in [-0.2, -0.15) is 0 Å². The van der Waals surface area contributed by atoms with Crippen LogP contribution in [0.25, 0.3) is 61.2 Å². The minimum Gasteiger partial charge on any atom is -0.496 e. The standard InChI is InChI=1S/C60H48O3/c1-61-58-32-31-53-51(36-55(58)46-25-19-43(20-26-46)40-13-7-4-8-14-40)34-50-37-59(62-2)56(47-27-21-44(22-28-47)41-15-9-5-10-16-41)35-49(50)33-52-38-60(63-3)57(39-54(52)53)48-29-23-45(24-30-48)42-17-11-6-12-18-42/h4-32,35-39,53H,33-34H2,1-3H3. The minimum absolute atomic E-state index is 0.0242. The average molecular weight is 817 g/mol. The van der Waals surface area contributed by atoms with E-state index in [1.165, 1.54) is 61.2 Å². The van der Waals surface area contributed by atoms with Gasteiger partial charge in [0, 0.05) is 22.6 Å². The van der Waals surface area contributed by atoms with Gasteiger partial charge in [-0.25, -0.2) is 0 Å². The molecule has 0 aromatic heterocycles. The van der Waals surface area contributed by atoms with E-state index in [9.17, 15) is 0 Å². The number of benzene rings is 8. The van der Waals surface area contributed by atoms with Crippen LogP contribution in [0.1, 0.15) is 33.7 Å². The zero-order chi connectivity index (χ0) is 42.7. The molecule has 3 nitrogen and oxygen atoms in total. The van der Waals surface area contributed by atoms with Gasteiger partial charge >= 0.3 is 0 Å². The van der Waals surface area contributed by atoms with Crippen molar-refractivity contribution in [3.63, 3.8) is 0 Å². The van der Waals surface area contributed by atoms with Gasteiger partial charge in [0.1, 0.15) is 17.3 Å². The smallest absolute Gasteiger partial charge is 0.126 e. The Morgan fingerprint density at radius 1 is 0.381 bits per heavy atom. The molecule has 1 atom stereocenters. The van der Waals surface area contributed by atoms with E-state index in [-0.39, 0.29) is 5.92 Å². The number of methoxy groups -OCH3 is 3. The fourth-order valence-electron chi connectivity index (χ4n) is 9.32. The Hall–Kier alpha value is -7.62. The highest BCUT2D eigenvalue weighted by molar-refractivity contribution is 5.83. The highest BCUT2D eigenvalue weighted by Gasteiger charge is 2.28. The maximum absolute atomic E-state index is 6.25. The molecule has 0 saturated heterocycles. The summed E-state index contributed by atoms with van der Waals surface area (Å²) in [5.74, 6) is 2.52. The van der Waals surface area contributed by atoms with Gasteiger partial charge < -0.3 is 14.2 Å². The van der Waals surface area contributed by atoms with Crippen LogP contribution in [0.2, 0.25) is 0 Å². The summed E-state index contributed by atoms with van der Waals surface area (Å²) in [5.41, 5.74) is 19.9. The van der Waals surface area contributed by atoms with Crippen LogP contribution in [0.15, 0.2) is 218 Å². The Kier molecular flexibility index (Phi) is 10.9. The Balaban J connectivity index is 1.12. The van der Waals surface area contributed by atoms with Crippen molar-refractivity contribution < 1.29 is 14.2 Å². The maximum atomic E-state index is 6.25. The normalized spacial score (nSPS) is 14.3. The molecule has 0 spiro atoms. The predicted octanol–water partition coefficient (Wildman–Crippen LogP) is 14.8. The van der Waals surface area contributed by atoms with E-state index >= 15 is 0 Å². The van der Waals surface area contributed by atoms with Crippen molar-refractivity contribution >= 4 is 5.57 Å². The van der Waals surface area contributed by atoms with Crippen LogP contribution in [-0.2, 0) is 17.6 Å². The molecule has 1 unspecified atom stereocenters. The van der Waals surface area contributed by atoms with Crippen LogP contribution < -0.4 is 9.47 Å². The van der Waals surface area contributed by atoms with E-state index in [4.69, 9.17) is 14.2 Å². The van der Waals surface area contributed by atoms with Crippen molar-refractivity contribution in [1.82, 2.24) is 0 Å². The number of ether oxygens (including phenoxy) is 3. The van der Waals surface area contributed by atoms with Gasteiger partial charge in [0.15, 0.2) is 0 Å². The molecule has 306 valence electrons. The predicted molar refractivity (Wildman–Crippen MR) is 260 cm³/mol. The number of hydrogen-bond donors (Lipinski definition) is 0. The lowest BCUT2D eigenvalue weighted by atomic mass is 9.77. The van der Waals surface area contributed by atoms with Gasteiger partial charge in [-0.05, 0) is 116 Å². The van der Waals surface area contributed by atoms with E-state index in [2.05, 4.69) is 206 Å². The molecule has 63 heavy (non-hydrogen) atoms. The molecule has 2 aliphatic rings. The van der Waals surface area contributed by atoms with Gasteiger partial charge in [-0.1, -0.05) is 182 Å². The molecule has 0 N–H and O–H groups in total. The van der Waals surface area contributed by atoms with Gasteiger partial charge in [0.25, 0.3) is 0 Å². The summed E-state index contributed by atoms with van der Waals surface area (Å²) in [6.45, 7) is 0. The lowest BCUT2D eigenvalue weighted by molar-refractivity contribution is 0.309. The molecule has 3 heteroatoms. The number of fused-ring (bicyclic) bond motifs is 4. The van der Waals surface area contributed by atoms with Crippen molar-refractivity contribution in [1.29, 1.82) is 0 Å². The van der Waals surface area contributed by atoms with Crippen LogP contribution >= 0.6 is 0 Å². The number of allylic oxidation sites excluding steroid dienone is 5. The topological polar surface area (TPSA) is 27.7 Å². The van der Waals surface area contributed by atoms with Crippen LogP contribution in [0, 0.1) is 0 Å². The summed E-state index contributed by atoms with van der Waals surface area (Å²) >= 11 is 0. The highest BCUT2D eigenvalue weighted by atomic mass is 16.5. The van der Waals surface area contributed by atoms with E-state index in [1.54, 1.807) is 21.3 Å². The van der Waals surface area contributed by atoms with Crippen molar-refractivity contribution in [2.75, 3.05) is 21.3 Å². The molecule has 0 aliphatic heterocycles. The second-order valence-electron chi connectivity index (χ2n) is 16.3. The molecule has 2 aliphatic carbocycles. The minimum atomic E-state index is -0.0242. The summed E-state index contributed by atoms with van der Waals surface area (Å²) in [4.78, 5) is 0. The Morgan fingerprint density at radius 2 is 0.794 bits per heavy atom. The van der Waals surface area contributed by atoms with E-state index in [0.717, 1.165) is 63.5 Å². The SMILES string of the molecule is COC1=C(c2ccc(-c3ccccc3)cc2)C=C2Cc3cc(OC)c(-c4ccc(-c5ccccc5)cc4)cc3Cc3cc(OC)c(-c4ccc(-c5ccccc5)cc4)cc3C2C=C1. The summed E-state index contributed by atoms with van der Waals surface area (Å²) in [7, 11) is 5.33.